The molecule has 1 aromatic carbocycles. The van der Waals surface area contributed by atoms with E-state index in [1.54, 1.807) is 30.4 Å². The summed E-state index contributed by atoms with van der Waals surface area (Å²) in [6.45, 7) is 3.27. The monoisotopic (exact) mass is 379 g/mol. The van der Waals surface area contributed by atoms with Gasteiger partial charge in [0.05, 0.1) is 28.0 Å². The Morgan fingerprint density at radius 3 is 2.55 bits per heavy atom. The molecule has 0 radical (unpaired) electrons. The van der Waals surface area contributed by atoms with Crippen LogP contribution in [0.4, 0.5) is 8.78 Å². The van der Waals surface area contributed by atoms with Gasteiger partial charge < -0.3 is 4.90 Å². The van der Waals surface area contributed by atoms with Crippen LogP contribution in [-0.4, -0.2) is 17.9 Å². The van der Waals surface area contributed by atoms with Gasteiger partial charge in [0.1, 0.15) is 0 Å². The minimum Gasteiger partial charge on any atom is -0.334 e. The molecular formula is C14H10BrCl2F2N. The van der Waals surface area contributed by atoms with E-state index in [2.05, 4.69) is 22.5 Å². The van der Waals surface area contributed by atoms with Gasteiger partial charge in [0, 0.05) is 10.0 Å². The van der Waals surface area contributed by atoms with Crippen LogP contribution in [-0.2, 0) is 0 Å². The Labute approximate surface area is 134 Å². The van der Waals surface area contributed by atoms with Gasteiger partial charge in [-0.3, -0.25) is 0 Å². The van der Waals surface area contributed by atoms with E-state index in [9.17, 15) is 8.78 Å². The number of alkyl halides is 2. The predicted octanol–water partition coefficient (Wildman–Crippen LogP) is 5.66. The van der Waals surface area contributed by atoms with Crippen molar-refractivity contribution in [1.82, 2.24) is 4.90 Å². The number of hydrogen-bond acceptors (Lipinski definition) is 1. The van der Waals surface area contributed by atoms with E-state index >= 15 is 0 Å². The molecule has 1 heterocycles. The van der Waals surface area contributed by atoms with Gasteiger partial charge in [-0.2, -0.15) is 0 Å². The van der Waals surface area contributed by atoms with E-state index in [4.69, 9.17) is 23.2 Å². The number of benzene rings is 1. The fraction of sp³-hybridized carbons (Fsp3) is 0.143. The fourth-order valence-corrected chi connectivity index (χ4v) is 2.83. The van der Waals surface area contributed by atoms with Gasteiger partial charge in [-0.05, 0) is 24.3 Å². The van der Waals surface area contributed by atoms with E-state index < -0.39 is 13.0 Å². The van der Waals surface area contributed by atoms with Gasteiger partial charge in [0.25, 0.3) is 6.43 Å². The highest BCUT2D eigenvalue weighted by Crippen LogP contribution is 2.36. The highest BCUT2D eigenvalue weighted by molar-refractivity contribution is 9.10. The van der Waals surface area contributed by atoms with Crippen LogP contribution in [0.25, 0.3) is 5.70 Å². The standard InChI is InChI=1S/C14H10BrCl2F2N/c1-8-11(16)4-5-13(20(8)7-14(18)19)10-3-2-9(15)6-12(10)17/h2-6,14H,1,7H2. The van der Waals surface area contributed by atoms with Crippen LogP contribution in [0.3, 0.4) is 0 Å². The summed E-state index contributed by atoms with van der Waals surface area (Å²) in [6.07, 6.45) is 0.778. The third kappa shape index (κ3) is 3.25. The molecule has 0 atom stereocenters. The molecule has 20 heavy (non-hydrogen) atoms. The Morgan fingerprint density at radius 2 is 1.95 bits per heavy atom. The zero-order valence-corrected chi connectivity index (χ0v) is 13.3. The third-order valence-electron chi connectivity index (χ3n) is 2.81. The van der Waals surface area contributed by atoms with Crippen molar-refractivity contribution in [1.29, 1.82) is 0 Å². The molecule has 1 aliphatic rings. The van der Waals surface area contributed by atoms with Crippen molar-refractivity contribution in [2.45, 2.75) is 6.43 Å². The van der Waals surface area contributed by atoms with E-state index in [1.165, 1.54) is 4.90 Å². The van der Waals surface area contributed by atoms with Crippen molar-refractivity contribution in [3.8, 4) is 0 Å². The summed E-state index contributed by atoms with van der Waals surface area (Å²) in [5.74, 6) is 0. The maximum Gasteiger partial charge on any atom is 0.256 e. The quantitative estimate of drug-likeness (QED) is 0.653. The molecule has 0 amide bonds. The van der Waals surface area contributed by atoms with Crippen molar-refractivity contribution in [3.05, 3.63) is 62.7 Å². The zero-order chi connectivity index (χ0) is 14.9. The highest BCUT2D eigenvalue weighted by atomic mass is 79.9. The summed E-state index contributed by atoms with van der Waals surface area (Å²) in [5.41, 5.74) is 1.54. The SMILES string of the molecule is C=C1C(Cl)=CC=C(c2ccc(Br)cc2Cl)N1CC(F)F. The van der Waals surface area contributed by atoms with Crippen molar-refractivity contribution >= 4 is 44.8 Å². The van der Waals surface area contributed by atoms with Gasteiger partial charge in [-0.25, -0.2) is 8.78 Å². The molecule has 0 unspecified atom stereocenters. The number of hydrogen-bond donors (Lipinski definition) is 0. The molecule has 0 saturated heterocycles. The van der Waals surface area contributed by atoms with Gasteiger partial charge in [-0.15, -0.1) is 0 Å². The van der Waals surface area contributed by atoms with Crippen molar-refractivity contribution < 1.29 is 8.78 Å². The van der Waals surface area contributed by atoms with Crippen LogP contribution in [0, 0.1) is 0 Å². The fourth-order valence-electron chi connectivity index (χ4n) is 1.89. The number of rotatable bonds is 3. The molecule has 106 valence electrons. The lowest BCUT2D eigenvalue weighted by Crippen LogP contribution is -2.28. The summed E-state index contributed by atoms with van der Waals surface area (Å²) in [5, 5.41) is 0.798. The van der Waals surface area contributed by atoms with Gasteiger partial charge in [0.2, 0.25) is 0 Å². The summed E-state index contributed by atoms with van der Waals surface area (Å²) in [4.78, 5) is 1.38. The molecule has 0 N–H and O–H groups in total. The average molecular weight is 381 g/mol. The molecule has 0 fully saturated rings. The average Bonchev–Trinajstić information content (AvgIpc) is 2.36. The summed E-state index contributed by atoms with van der Waals surface area (Å²) < 4.78 is 26.3. The second kappa shape index (κ2) is 6.29. The molecule has 6 heteroatoms. The lowest BCUT2D eigenvalue weighted by atomic mass is 10.1. The molecule has 0 saturated carbocycles. The number of nitrogens with zero attached hydrogens (tertiary/aromatic N) is 1. The Bertz CT molecular complexity index is 611. The Hall–Kier alpha value is -0.840. The van der Waals surface area contributed by atoms with Gasteiger partial charge in [0.15, 0.2) is 0 Å². The normalized spacial score (nSPS) is 15.5. The lowest BCUT2D eigenvalue weighted by Gasteiger charge is -2.31. The van der Waals surface area contributed by atoms with Crippen LogP contribution in [0.15, 0.2) is 52.1 Å². The minimum atomic E-state index is -2.51. The highest BCUT2D eigenvalue weighted by Gasteiger charge is 2.24. The Morgan fingerprint density at radius 1 is 1.25 bits per heavy atom. The second-order valence-electron chi connectivity index (χ2n) is 4.14. The first-order valence-corrected chi connectivity index (χ1v) is 7.23. The summed E-state index contributed by atoms with van der Waals surface area (Å²) in [6, 6.07) is 5.27. The number of allylic oxidation sites excluding steroid dienone is 3. The minimum absolute atomic E-state index is 0.336. The topological polar surface area (TPSA) is 3.24 Å². The van der Waals surface area contributed by atoms with E-state index in [1.807, 2.05) is 0 Å². The van der Waals surface area contributed by atoms with Gasteiger partial charge in [-0.1, -0.05) is 51.8 Å². The lowest BCUT2D eigenvalue weighted by molar-refractivity contribution is 0.123. The van der Waals surface area contributed by atoms with E-state index in [0.29, 0.717) is 27.0 Å². The molecule has 1 aliphatic heterocycles. The van der Waals surface area contributed by atoms with E-state index in [-0.39, 0.29) is 0 Å². The van der Waals surface area contributed by atoms with Crippen molar-refractivity contribution in [3.63, 3.8) is 0 Å². The summed E-state index contributed by atoms with van der Waals surface area (Å²) in [7, 11) is 0. The Kier molecular flexibility index (Phi) is 4.89. The molecule has 0 spiro atoms. The second-order valence-corrected chi connectivity index (χ2v) is 5.87. The molecule has 1 aromatic rings. The number of halogens is 5. The molecule has 2 rings (SSSR count). The van der Waals surface area contributed by atoms with Crippen LogP contribution < -0.4 is 0 Å². The molecule has 1 nitrogen and oxygen atoms in total. The molecule has 0 aliphatic carbocycles. The first-order chi connectivity index (χ1) is 9.40. The molecular weight excluding hydrogens is 371 g/mol. The van der Waals surface area contributed by atoms with Crippen LogP contribution in [0.5, 0.6) is 0 Å². The van der Waals surface area contributed by atoms with Gasteiger partial charge >= 0.3 is 0 Å². The molecule has 0 aromatic heterocycles. The van der Waals surface area contributed by atoms with Crippen LogP contribution >= 0.6 is 39.1 Å². The molecule has 0 bridgehead atoms. The first-order valence-electron chi connectivity index (χ1n) is 5.68. The third-order valence-corrected chi connectivity index (χ3v) is 3.96. The van der Waals surface area contributed by atoms with Crippen LogP contribution in [0.1, 0.15) is 5.56 Å². The smallest absolute Gasteiger partial charge is 0.256 e. The first kappa shape index (κ1) is 15.5. The zero-order valence-electron chi connectivity index (χ0n) is 10.2. The van der Waals surface area contributed by atoms with Crippen LogP contribution in [0.2, 0.25) is 5.02 Å². The Balaban J connectivity index is 2.48. The van der Waals surface area contributed by atoms with Crippen molar-refractivity contribution in [2.75, 3.05) is 6.54 Å². The van der Waals surface area contributed by atoms with E-state index in [0.717, 1.165) is 4.47 Å². The van der Waals surface area contributed by atoms with Crippen molar-refractivity contribution in [2.24, 2.45) is 0 Å². The maximum absolute atomic E-state index is 12.8. The summed E-state index contributed by atoms with van der Waals surface area (Å²) >= 11 is 15.4. The maximum atomic E-state index is 12.8. The predicted molar refractivity (Wildman–Crippen MR) is 82.9 cm³/mol. The largest absolute Gasteiger partial charge is 0.334 e.